The fourth-order valence-electron chi connectivity index (χ4n) is 12.3. The summed E-state index contributed by atoms with van der Waals surface area (Å²) in [7, 11) is 0. The number of fused-ring (bicyclic) bond motifs is 1. The van der Waals surface area contributed by atoms with E-state index < -0.39 is 99.7 Å². The highest BCUT2D eigenvalue weighted by Crippen LogP contribution is 2.28. The van der Waals surface area contributed by atoms with Crippen LogP contribution in [-0.4, -0.2) is 124 Å². The topological polar surface area (TPSA) is 454 Å². The van der Waals surface area contributed by atoms with Gasteiger partial charge in [0.1, 0.15) is 73.0 Å². The minimum absolute atomic E-state index is 0.0632. The zero-order valence-electron chi connectivity index (χ0n) is 76.1. The molecule has 8 aromatic carbocycles. The number of benzene rings is 8. The number of H-pyrrole nitrogens is 1. The Balaban J connectivity index is 0.000000200. The second-order valence-electron chi connectivity index (χ2n) is 34.2. The molecule has 133 heavy (non-hydrogen) atoms. The number of imidazole rings is 1. The van der Waals surface area contributed by atoms with Gasteiger partial charge in [-0.3, -0.25) is 10.1 Å². The maximum atomic E-state index is 12.9. The number of nitro groups is 1. The number of carbonyl (C=O) groups is 8. The summed E-state index contributed by atoms with van der Waals surface area (Å²) in [5.74, 6) is -1.54. The van der Waals surface area contributed by atoms with Crippen LogP contribution in [0.2, 0.25) is 0 Å². The van der Waals surface area contributed by atoms with Crippen LogP contribution in [0.3, 0.4) is 0 Å². The number of hydrogen-bond acceptors (Lipinski definition) is 26. The maximum Gasteiger partial charge on any atom is 0.408 e. The highest BCUT2D eigenvalue weighted by atomic mass is 16.6. The number of nitrogens with two attached hydrogens (primary N) is 2. The maximum absolute atomic E-state index is 12.9. The lowest BCUT2D eigenvalue weighted by Crippen LogP contribution is -2.45. The van der Waals surface area contributed by atoms with Crippen molar-refractivity contribution >= 4 is 99.5 Å². The predicted molar refractivity (Wildman–Crippen MR) is 504 cm³/mol. The second-order valence-corrected chi connectivity index (χ2v) is 34.2. The lowest BCUT2D eigenvalue weighted by atomic mass is 10.0. The summed E-state index contributed by atoms with van der Waals surface area (Å²) in [6, 6.07) is 71.8. The number of anilines is 6. The Labute approximate surface area is 770 Å². The standard InChI is InChI=1S/C27H28N4O5.C26H28N4O6.C26H30N4O4.C21H26N2O4/c1-27(2,3)36-24(32)22(30-26(34)35-17-19-8-5-4-6-9-19)16-18-11-13-20(14-12-18)31-23-21(29-25(31)33)10-7-15-28-23;1-26(2,3)36-24(31)21(29-25(32)35-17-19-8-5-4-6-9-19)16-18-11-13-20(14-12-18)28-23-22(30(33)34)10-7-15-27-23;1-26(2,3)34-24(31)22(30-25(32)33-17-19-8-5-4-6-9-19)16-18-11-13-20(14-12-18)29-23-21(27)10-7-15-28-23;1-21(2,3)27-19(24)18(13-15-9-11-17(22)12-10-15)23-20(25)26-14-16-7-5-4-6-8-16/h4-15,22H,16-17H2,1-3H3,(H,29,33)(H,30,34);4-15,21H,16-17H2,1-3H3,(H,27,28)(H,29,32);4-15,22H,16-17,27H2,1-3H3,(H,28,29)(H,30,32);4-12,18H,13-14,22H2,1-3H3,(H,23,25)/t22-;21-;22-;18-/m0000/s1. The molecule has 0 aliphatic rings. The van der Waals surface area contributed by atoms with Crippen molar-refractivity contribution in [2.24, 2.45) is 0 Å². The van der Waals surface area contributed by atoms with Crippen LogP contribution in [0.25, 0.3) is 16.9 Å². The Morgan fingerprint density at radius 2 is 0.662 bits per heavy atom. The summed E-state index contributed by atoms with van der Waals surface area (Å²) in [5, 5.41) is 27.7. The molecule has 0 radical (unpaired) electrons. The van der Waals surface area contributed by atoms with Gasteiger partial charge >= 0.3 is 59.6 Å². The van der Waals surface area contributed by atoms with Crippen LogP contribution in [-0.2, 0) is 109 Å². The van der Waals surface area contributed by atoms with Gasteiger partial charge in [-0.15, -0.1) is 0 Å². The molecule has 33 nitrogen and oxygen atoms in total. The Hall–Kier alpha value is -16.0. The first-order chi connectivity index (χ1) is 63.2. The predicted octanol–water partition coefficient (Wildman–Crippen LogP) is 16.8. The number of nitrogens with zero attached hydrogens (tertiary/aromatic N) is 5. The molecule has 4 atom stereocenters. The largest absolute Gasteiger partial charge is 0.458 e. The number of carbonyl (C=O) groups excluding carboxylic acids is 8. The number of nitrogen functional groups attached to an aromatic ring is 2. The third-order valence-electron chi connectivity index (χ3n) is 18.4. The van der Waals surface area contributed by atoms with E-state index in [2.05, 4.69) is 51.8 Å². The number of hydrogen-bond donors (Lipinski definition) is 9. The van der Waals surface area contributed by atoms with Crippen LogP contribution < -0.4 is 49.1 Å². The molecule has 12 rings (SSSR count). The fraction of sp³-hybridized carbons (Fsp3) is 0.280. The number of amides is 4. The summed E-state index contributed by atoms with van der Waals surface area (Å²) in [4.78, 5) is 139. The van der Waals surface area contributed by atoms with Gasteiger partial charge in [0.05, 0.1) is 21.8 Å². The van der Waals surface area contributed by atoms with Gasteiger partial charge in [0.2, 0.25) is 5.82 Å². The number of aromatic amines is 1. The van der Waals surface area contributed by atoms with Gasteiger partial charge in [-0.05, 0) is 206 Å². The van der Waals surface area contributed by atoms with Gasteiger partial charge < -0.3 is 86.2 Å². The van der Waals surface area contributed by atoms with E-state index in [-0.39, 0.29) is 69.3 Å². The van der Waals surface area contributed by atoms with Crippen LogP contribution in [0, 0.1) is 10.1 Å². The third-order valence-corrected chi connectivity index (χ3v) is 18.4. The number of alkyl carbamates (subject to hydrolysis) is 4. The molecule has 4 amide bonds. The van der Waals surface area contributed by atoms with Crippen LogP contribution in [0.15, 0.2) is 278 Å². The molecule has 0 fully saturated rings. The van der Waals surface area contributed by atoms with Gasteiger partial charge in [0.15, 0.2) is 11.5 Å². The first-order valence-corrected chi connectivity index (χ1v) is 42.5. The Morgan fingerprint density at radius 3 is 0.985 bits per heavy atom. The fourth-order valence-corrected chi connectivity index (χ4v) is 12.3. The van der Waals surface area contributed by atoms with Crippen molar-refractivity contribution in [3.8, 4) is 5.69 Å². The van der Waals surface area contributed by atoms with Crippen molar-refractivity contribution in [3.05, 3.63) is 338 Å². The van der Waals surface area contributed by atoms with Crippen molar-refractivity contribution in [3.63, 3.8) is 0 Å². The summed E-state index contributed by atoms with van der Waals surface area (Å²) < 4.78 is 44.5. The molecule has 0 saturated heterocycles. The van der Waals surface area contributed by atoms with Crippen molar-refractivity contribution in [2.45, 2.75) is 182 Å². The normalized spacial score (nSPS) is 12.0. The minimum Gasteiger partial charge on any atom is -0.458 e. The van der Waals surface area contributed by atoms with Gasteiger partial charge in [0.25, 0.3) is 0 Å². The average molecular weight is 1810 g/mol. The van der Waals surface area contributed by atoms with E-state index in [1.165, 1.54) is 22.9 Å². The molecule has 696 valence electrons. The molecule has 4 heterocycles. The van der Waals surface area contributed by atoms with Crippen molar-refractivity contribution in [1.82, 2.24) is 45.8 Å². The van der Waals surface area contributed by atoms with E-state index in [0.717, 1.165) is 50.2 Å². The molecular formula is C100H112N14O19. The molecule has 0 saturated carbocycles. The minimum atomic E-state index is -0.983. The SMILES string of the molecule is CC(C)(C)OC(=O)[C@H](Cc1ccc(-n2c(=O)[nH]c3cccnc32)cc1)NC(=O)OCc1ccccc1.CC(C)(C)OC(=O)[C@H](Cc1ccc(N)cc1)NC(=O)OCc1ccccc1.CC(C)(C)OC(=O)[C@H](Cc1ccc(Nc2ncccc2N)cc1)NC(=O)OCc1ccccc1.CC(C)(C)OC(=O)[C@H](Cc1ccc(Nc2ncccc2[N+](=O)[O-])cc1)NC(=O)OCc1ccccc1. The first kappa shape index (κ1) is 101. The van der Waals surface area contributed by atoms with Crippen molar-refractivity contribution < 1.29 is 81.2 Å². The molecule has 0 unspecified atom stereocenters. The monoisotopic (exact) mass is 1810 g/mol. The summed E-state index contributed by atoms with van der Waals surface area (Å²) in [6.45, 7) is 21.5. The van der Waals surface area contributed by atoms with E-state index >= 15 is 0 Å². The second kappa shape index (κ2) is 48.4. The van der Waals surface area contributed by atoms with Gasteiger partial charge in [-0.25, -0.2) is 62.7 Å². The number of pyridine rings is 3. The number of rotatable bonds is 30. The molecule has 0 aliphatic carbocycles. The van der Waals surface area contributed by atoms with Crippen molar-refractivity contribution in [1.29, 1.82) is 0 Å². The van der Waals surface area contributed by atoms with Crippen LogP contribution in [0.1, 0.15) is 128 Å². The number of ether oxygens (including phenoxy) is 8. The highest BCUT2D eigenvalue weighted by molar-refractivity contribution is 5.85. The molecular weight excluding hydrogens is 1700 g/mol. The van der Waals surface area contributed by atoms with Crippen LogP contribution in [0.5, 0.6) is 0 Å². The van der Waals surface area contributed by atoms with Gasteiger partial charge in [-0.1, -0.05) is 170 Å². The number of nitrogens with one attached hydrogen (secondary N) is 7. The van der Waals surface area contributed by atoms with Gasteiger partial charge in [-0.2, -0.15) is 0 Å². The molecule has 4 aromatic heterocycles. The average Bonchev–Trinajstić information content (AvgIpc) is 1.64. The summed E-state index contributed by atoms with van der Waals surface area (Å²) in [6.07, 6.45) is 2.74. The van der Waals surface area contributed by atoms with E-state index in [1.54, 1.807) is 180 Å². The van der Waals surface area contributed by atoms with E-state index in [9.17, 15) is 53.3 Å². The van der Waals surface area contributed by atoms with E-state index in [0.29, 0.717) is 39.7 Å². The lowest BCUT2D eigenvalue weighted by molar-refractivity contribution is -0.384. The zero-order valence-corrected chi connectivity index (χ0v) is 76.1. The molecule has 12 aromatic rings. The highest BCUT2D eigenvalue weighted by Gasteiger charge is 2.33. The molecule has 0 spiro atoms. The zero-order chi connectivity index (χ0) is 96.3. The van der Waals surface area contributed by atoms with Crippen molar-refractivity contribution in [2.75, 3.05) is 22.1 Å². The molecule has 0 aliphatic heterocycles. The quantitative estimate of drug-likeness (QED) is 0.00664. The first-order valence-electron chi connectivity index (χ1n) is 42.5. The van der Waals surface area contributed by atoms with E-state index in [1.807, 2.05) is 158 Å². The smallest absolute Gasteiger partial charge is 0.408 e. The van der Waals surface area contributed by atoms with E-state index in [4.69, 9.17) is 49.4 Å². The number of aromatic nitrogens is 5. The Kier molecular flexibility index (Phi) is 36.7. The van der Waals surface area contributed by atoms with Gasteiger partial charge in [0, 0.05) is 67.4 Å². The molecule has 33 heteroatoms. The van der Waals surface area contributed by atoms with Crippen LogP contribution >= 0.6 is 0 Å². The molecule has 0 bridgehead atoms. The van der Waals surface area contributed by atoms with Crippen LogP contribution in [0.4, 0.5) is 59.3 Å². The Bertz CT molecular complexity index is 5870. The summed E-state index contributed by atoms with van der Waals surface area (Å²) >= 11 is 0. The third kappa shape index (κ3) is 35.9. The molecule has 11 N–H and O–H groups in total. The summed E-state index contributed by atoms with van der Waals surface area (Å²) in [5.41, 5.74) is 19.2. The lowest BCUT2D eigenvalue weighted by Gasteiger charge is -2.24. The number of esters is 4. The Morgan fingerprint density at radius 1 is 0.368 bits per heavy atom.